The van der Waals surface area contributed by atoms with E-state index in [1.54, 1.807) is 6.20 Å². The Balaban J connectivity index is 1.87. The van der Waals surface area contributed by atoms with Crippen molar-refractivity contribution in [3.8, 4) is 0 Å². The zero-order valence-corrected chi connectivity index (χ0v) is 13.0. The molecule has 0 aliphatic carbocycles. The summed E-state index contributed by atoms with van der Waals surface area (Å²) in [6.07, 6.45) is 3.14. The molecule has 2 aliphatic heterocycles. The summed E-state index contributed by atoms with van der Waals surface area (Å²) in [5.41, 5.74) is 9.11. The van der Waals surface area contributed by atoms with Gasteiger partial charge in [-0.1, -0.05) is 5.11 Å². The van der Waals surface area contributed by atoms with Gasteiger partial charge in [0, 0.05) is 36.2 Å². The molecular formula is C14H20N6O3. The van der Waals surface area contributed by atoms with Crippen LogP contribution in [-0.2, 0) is 4.74 Å². The molecule has 0 saturated carbocycles. The van der Waals surface area contributed by atoms with E-state index in [-0.39, 0.29) is 12.3 Å². The molecule has 0 radical (unpaired) electrons. The number of ether oxygens (including phenoxy) is 1. The van der Waals surface area contributed by atoms with Gasteiger partial charge in [0.2, 0.25) is 0 Å². The van der Waals surface area contributed by atoms with Gasteiger partial charge in [-0.15, -0.1) is 0 Å². The molecule has 2 fully saturated rings. The van der Waals surface area contributed by atoms with Crippen molar-refractivity contribution >= 4 is 5.82 Å². The summed E-state index contributed by atoms with van der Waals surface area (Å²) in [7, 11) is 0. The first kappa shape index (κ1) is 15.8. The highest BCUT2D eigenvalue weighted by Gasteiger charge is 2.36. The topological polar surface area (TPSA) is 116 Å². The van der Waals surface area contributed by atoms with Crippen LogP contribution in [-0.4, -0.2) is 46.5 Å². The molecule has 9 nitrogen and oxygen atoms in total. The van der Waals surface area contributed by atoms with Crippen LogP contribution in [0.4, 0.5) is 5.82 Å². The lowest BCUT2D eigenvalue weighted by Gasteiger charge is -2.21. The molecule has 0 amide bonds. The van der Waals surface area contributed by atoms with E-state index in [9.17, 15) is 9.90 Å². The molecule has 3 rings (SSSR count). The van der Waals surface area contributed by atoms with Gasteiger partial charge in [-0.3, -0.25) is 4.57 Å². The lowest BCUT2D eigenvalue weighted by Crippen LogP contribution is -2.31. The van der Waals surface area contributed by atoms with Gasteiger partial charge in [0.1, 0.15) is 12.0 Å². The molecule has 2 aliphatic rings. The maximum Gasteiger partial charge on any atom is 0.351 e. The van der Waals surface area contributed by atoms with Gasteiger partial charge in [-0.25, -0.2) is 4.79 Å². The van der Waals surface area contributed by atoms with Crippen LogP contribution in [0.3, 0.4) is 0 Å². The first-order chi connectivity index (χ1) is 11.1. The third-order valence-corrected chi connectivity index (χ3v) is 4.41. The number of aromatic nitrogens is 2. The molecule has 9 heteroatoms. The fourth-order valence-corrected chi connectivity index (χ4v) is 3.25. The highest BCUT2D eigenvalue weighted by molar-refractivity contribution is 5.45. The van der Waals surface area contributed by atoms with Gasteiger partial charge < -0.3 is 14.7 Å². The van der Waals surface area contributed by atoms with E-state index in [0.29, 0.717) is 6.42 Å². The molecule has 3 heterocycles. The number of nitrogens with zero attached hydrogens (tertiary/aromatic N) is 6. The molecule has 0 bridgehead atoms. The summed E-state index contributed by atoms with van der Waals surface area (Å²) in [5, 5.41) is 13.0. The second kappa shape index (κ2) is 6.57. The molecule has 1 aromatic rings. The summed E-state index contributed by atoms with van der Waals surface area (Å²) in [5.74, 6) is 0.729. The molecular weight excluding hydrogens is 300 g/mol. The molecule has 3 atom stereocenters. The van der Waals surface area contributed by atoms with E-state index in [2.05, 4.69) is 19.9 Å². The van der Waals surface area contributed by atoms with Gasteiger partial charge in [0.15, 0.2) is 0 Å². The Kier molecular flexibility index (Phi) is 4.51. The van der Waals surface area contributed by atoms with Crippen LogP contribution in [0.2, 0.25) is 0 Å². The monoisotopic (exact) mass is 320 g/mol. The second-order valence-electron chi connectivity index (χ2n) is 5.95. The van der Waals surface area contributed by atoms with Crippen LogP contribution >= 0.6 is 0 Å². The zero-order chi connectivity index (χ0) is 16.4. The number of anilines is 1. The molecule has 23 heavy (non-hydrogen) atoms. The minimum atomic E-state index is -0.596. The van der Waals surface area contributed by atoms with Crippen molar-refractivity contribution < 1.29 is 9.84 Å². The predicted octanol–water partition coefficient (Wildman–Crippen LogP) is 1.11. The van der Waals surface area contributed by atoms with Crippen LogP contribution in [0.15, 0.2) is 16.1 Å². The van der Waals surface area contributed by atoms with Gasteiger partial charge in [0.25, 0.3) is 0 Å². The van der Waals surface area contributed by atoms with Crippen LogP contribution in [0, 0.1) is 6.92 Å². The van der Waals surface area contributed by atoms with Gasteiger partial charge in [-0.2, -0.15) is 4.98 Å². The van der Waals surface area contributed by atoms with E-state index in [1.165, 1.54) is 4.57 Å². The number of aliphatic hydroxyl groups is 1. The van der Waals surface area contributed by atoms with E-state index in [1.807, 2.05) is 6.92 Å². The Morgan fingerprint density at radius 3 is 2.91 bits per heavy atom. The van der Waals surface area contributed by atoms with E-state index in [4.69, 9.17) is 10.3 Å². The van der Waals surface area contributed by atoms with Gasteiger partial charge in [-0.05, 0) is 25.3 Å². The number of aliphatic hydroxyl groups excluding tert-OH is 1. The summed E-state index contributed by atoms with van der Waals surface area (Å²) >= 11 is 0. The molecule has 1 aromatic heterocycles. The highest BCUT2D eigenvalue weighted by Crippen LogP contribution is 2.30. The first-order valence-electron chi connectivity index (χ1n) is 7.79. The largest absolute Gasteiger partial charge is 0.394 e. The van der Waals surface area contributed by atoms with Crippen LogP contribution in [0.5, 0.6) is 0 Å². The first-order valence-corrected chi connectivity index (χ1v) is 7.79. The van der Waals surface area contributed by atoms with Crippen LogP contribution < -0.4 is 10.6 Å². The number of hydrogen-bond acceptors (Lipinski definition) is 6. The summed E-state index contributed by atoms with van der Waals surface area (Å²) in [6.45, 7) is 3.50. The lowest BCUT2D eigenvalue weighted by atomic mass is 10.1. The second-order valence-corrected chi connectivity index (χ2v) is 5.95. The molecule has 124 valence electrons. The van der Waals surface area contributed by atoms with Crippen molar-refractivity contribution in [1.29, 1.82) is 0 Å². The Labute approximate surface area is 133 Å². The summed E-state index contributed by atoms with van der Waals surface area (Å²) < 4.78 is 7.08. The zero-order valence-electron chi connectivity index (χ0n) is 13.0. The SMILES string of the molecule is Cc1cn(C2CC(N=[N+]=[N-])C(CO)O2)c(=O)nc1N1CCCC1. The van der Waals surface area contributed by atoms with Crippen LogP contribution in [0.25, 0.3) is 10.4 Å². The number of azide groups is 1. The maximum atomic E-state index is 12.4. The molecule has 3 unspecified atom stereocenters. The van der Waals surface area contributed by atoms with Crippen molar-refractivity contribution in [2.45, 2.75) is 44.6 Å². The third-order valence-electron chi connectivity index (χ3n) is 4.41. The predicted molar refractivity (Wildman–Crippen MR) is 83.2 cm³/mol. The summed E-state index contributed by atoms with van der Waals surface area (Å²) in [4.78, 5) is 21.5. The highest BCUT2D eigenvalue weighted by atomic mass is 16.5. The van der Waals surface area contributed by atoms with Crippen LogP contribution in [0.1, 0.15) is 31.1 Å². The van der Waals surface area contributed by atoms with Crippen molar-refractivity contribution in [3.05, 3.63) is 32.7 Å². The smallest absolute Gasteiger partial charge is 0.351 e. The minimum absolute atomic E-state index is 0.257. The van der Waals surface area contributed by atoms with Gasteiger partial charge >= 0.3 is 5.69 Å². The minimum Gasteiger partial charge on any atom is -0.394 e. The standard InChI is InChI=1S/C14H20N6O3/c1-9-7-20(12-6-10(17-18-15)11(8-21)23-12)14(22)16-13(9)19-4-2-3-5-19/h7,10-12,21H,2-6,8H2,1H3. The molecule has 0 aromatic carbocycles. The number of aryl methyl sites for hydroxylation is 1. The van der Waals surface area contributed by atoms with Gasteiger partial charge in [0.05, 0.1) is 18.8 Å². The quantitative estimate of drug-likeness (QED) is 0.507. The Morgan fingerprint density at radius 2 is 2.26 bits per heavy atom. The molecule has 1 N–H and O–H groups in total. The molecule has 0 spiro atoms. The average Bonchev–Trinajstić information content (AvgIpc) is 3.19. The fourth-order valence-electron chi connectivity index (χ4n) is 3.25. The maximum absolute atomic E-state index is 12.4. The molecule has 2 saturated heterocycles. The Hall–Kier alpha value is -2.09. The summed E-state index contributed by atoms with van der Waals surface area (Å²) in [6, 6.07) is -0.486. The van der Waals surface area contributed by atoms with Crippen molar-refractivity contribution in [2.24, 2.45) is 5.11 Å². The normalized spacial score (nSPS) is 27.2. The van der Waals surface area contributed by atoms with E-state index < -0.39 is 18.4 Å². The fraction of sp³-hybridized carbons (Fsp3) is 0.714. The van der Waals surface area contributed by atoms with Crippen molar-refractivity contribution in [2.75, 3.05) is 24.6 Å². The third kappa shape index (κ3) is 3.03. The number of hydrogen-bond donors (Lipinski definition) is 1. The van der Waals surface area contributed by atoms with E-state index >= 15 is 0 Å². The lowest BCUT2D eigenvalue weighted by molar-refractivity contribution is -0.0270. The Morgan fingerprint density at radius 1 is 1.52 bits per heavy atom. The Bertz CT molecular complexity index is 678. The number of rotatable bonds is 4. The van der Waals surface area contributed by atoms with Crippen molar-refractivity contribution in [3.63, 3.8) is 0 Å². The van der Waals surface area contributed by atoms with E-state index in [0.717, 1.165) is 37.3 Å². The average molecular weight is 320 g/mol. The van der Waals surface area contributed by atoms with Crippen molar-refractivity contribution in [1.82, 2.24) is 9.55 Å².